The molecule has 1 N–H and O–H groups in total. The predicted octanol–water partition coefficient (Wildman–Crippen LogP) is 4.02. The van der Waals surface area contributed by atoms with Gasteiger partial charge in [-0.05, 0) is 57.4 Å². The van der Waals surface area contributed by atoms with Gasteiger partial charge < -0.3 is 14.5 Å². The topological polar surface area (TPSA) is 53.9 Å². The molecule has 2 aromatic heterocycles. The molecule has 1 fully saturated rings. The van der Waals surface area contributed by atoms with Crippen molar-refractivity contribution in [2.24, 2.45) is 7.05 Å². The van der Waals surface area contributed by atoms with Crippen molar-refractivity contribution in [3.8, 4) is 0 Å². The summed E-state index contributed by atoms with van der Waals surface area (Å²) in [5, 5.41) is 0. The Bertz CT molecular complexity index is 987. The van der Waals surface area contributed by atoms with Crippen LogP contribution in [0.25, 0.3) is 11.0 Å². The maximum absolute atomic E-state index is 13.5. The molecule has 1 saturated heterocycles. The second-order valence-corrected chi connectivity index (χ2v) is 7.14. The van der Waals surface area contributed by atoms with Crippen molar-refractivity contribution >= 4 is 16.9 Å². The first-order valence-corrected chi connectivity index (χ1v) is 9.05. The van der Waals surface area contributed by atoms with E-state index in [1.807, 2.05) is 36.4 Å². The number of piperidine rings is 1. The van der Waals surface area contributed by atoms with Crippen LogP contribution in [0, 0.1) is 19.7 Å². The first kappa shape index (κ1) is 16.8. The SMILES string of the molecule is Cc1cc(C(=O)N2CCCC[C@H]2c2nc3ccc(F)cc3[nH]2)c(C)n1C. The standard InChI is InChI=1S/C20H23FN4O/c1-12-10-15(13(2)24(12)3)20(26)25-9-5-4-6-18(25)19-22-16-8-7-14(21)11-17(16)23-19/h7-8,10-11,18H,4-6,9H2,1-3H3,(H,22,23)/t18-/m0/s1. The molecule has 1 atom stereocenters. The second kappa shape index (κ2) is 6.27. The highest BCUT2D eigenvalue weighted by atomic mass is 19.1. The van der Waals surface area contributed by atoms with Gasteiger partial charge in [-0.15, -0.1) is 0 Å². The molecular weight excluding hydrogens is 331 g/mol. The molecule has 1 aromatic carbocycles. The van der Waals surface area contributed by atoms with Gasteiger partial charge in [0, 0.05) is 25.0 Å². The second-order valence-electron chi connectivity index (χ2n) is 7.14. The number of hydrogen-bond donors (Lipinski definition) is 1. The number of nitrogens with zero attached hydrogens (tertiary/aromatic N) is 3. The fourth-order valence-electron chi connectivity index (χ4n) is 3.84. The molecular formula is C20H23FN4O. The van der Waals surface area contributed by atoms with Gasteiger partial charge in [0.05, 0.1) is 22.6 Å². The molecule has 26 heavy (non-hydrogen) atoms. The highest BCUT2D eigenvalue weighted by molar-refractivity contribution is 5.96. The van der Waals surface area contributed by atoms with Crippen LogP contribution in [0.2, 0.25) is 0 Å². The Morgan fingerprint density at radius 1 is 1.27 bits per heavy atom. The van der Waals surface area contributed by atoms with Gasteiger partial charge in [0.25, 0.3) is 5.91 Å². The highest BCUT2D eigenvalue weighted by Crippen LogP contribution is 2.32. The number of hydrogen-bond acceptors (Lipinski definition) is 2. The third-order valence-corrected chi connectivity index (χ3v) is 5.55. The molecule has 0 saturated carbocycles. The maximum atomic E-state index is 13.5. The smallest absolute Gasteiger partial charge is 0.256 e. The van der Waals surface area contributed by atoms with Crippen LogP contribution in [-0.4, -0.2) is 31.9 Å². The van der Waals surface area contributed by atoms with Gasteiger partial charge in [-0.25, -0.2) is 9.37 Å². The third-order valence-electron chi connectivity index (χ3n) is 5.55. The van der Waals surface area contributed by atoms with Gasteiger partial charge in [0.2, 0.25) is 0 Å². The van der Waals surface area contributed by atoms with Crippen LogP contribution in [0.15, 0.2) is 24.3 Å². The van der Waals surface area contributed by atoms with Crippen LogP contribution < -0.4 is 0 Å². The first-order valence-electron chi connectivity index (χ1n) is 9.05. The van der Waals surface area contributed by atoms with Crippen molar-refractivity contribution in [1.82, 2.24) is 19.4 Å². The average molecular weight is 354 g/mol. The summed E-state index contributed by atoms with van der Waals surface area (Å²) in [6.07, 6.45) is 2.90. The zero-order chi connectivity index (χ0) is 18.4. The average Bonchev–Trinajstić information content (AvgIpc) is 3.17. The normalized spacial score (nSPS) is 17.8. The van der Waals surface area contributed by atoms with Crippen LogP contribution in [0.4, 0.5) is 4.39 Å². The molecule has 1 amide bonds. The van der Waals surface area contributed by atoms with Gasteiger partial charge in [0.1, 0.15) is 11.6 Å². The Morgan fingerprint density at radius 3 is 2.81 bits per heavy atom. The van der Waals surface area contributed by atoms with E-state index in [-0.39, 0.29) is 17.8 Å². The van der Waals surface area contributed by atoms with E-state index in [9.17, 15) is 9.18 Å². The molecule has 1 aliphatic heterocycles. The van der Waals surface area contributed by atoms with Crippen molar-refractivity contribution in [3.05, 3.63) is 52.9 Å². The molecule has 0 bridgehead atoms. The van der Waals surface area contributed by atoms with E-state index < -0.39 is 0 Å². The number of H-pyrrole nitrogens is 1. The number of rotatable bonds is 2. The number of likely N-dealkylation sites (tertiary alicyclic amines) is 1. The fraction of sp³-hybridized carbons (Fsp3) is 0.400. The van der Waals surface area contributed by atoms with E-state index in [0.717, 1.165) is 47.6 Å². The first-order chi connectivity index (χ1) is 12.5. The molecule has 0 radical (unpaired) electrons. The minimum Gasteiger partial charge on any atom is -0.351 e. The molecule has 5 nitrogen and oxygen atoms in total. The monoisotopic (exact) mass is 354 g/mol. The zero-order valence-corrected chi connectivity index (χ0v) is 15.3. The lowest BCUT2D eigenvalue weighted by Gasteiger charge is -2.34. The van der Waals surface area contributed by atoms with E-state index in [1.165, 1.54) is 12.1 Å². The Kier molecular flexibility index (Phi) is 4.05. The van der Waals surface area contributed by atoms with Crippen molar-refractivity contribution in [2.45, 2.75) is 39.2 Å². The van der Waals surface area contributed by atoms with Crippen LogP contribution >= 0.6 is 0 Å². The van der Waals surface area contributed by atoms with Crippen molar-refractivity contribution in [1.29, 1.82) is 0 Å². The molecule has 0 unspecified atom stereocenters. The Hall–Kier alpha value is -2.63. The minimum absolute atomic E-state index is 0.0440. The van der Waals surface area contributed by atoms with E-state index in [4.69, 9.17) is 0 Å². The maximum Gasteiger partial charge on any atom is 0.256 e. The summed E-state index contributed by atoms with van der Waals surface area (Å²) in [5.41, 5.74) is 4.19. The molecule has 0 aliphatic carbocycles. The minimum atomic E-state index is -0.292. The third kappa shape index (κ3) is 2.69. The number of nitrogens with one attached hydrogen (secondary N) is 1. The van der Waals surface area contributed by atoms with E-state index >= 15 is 0 Å². The summed E-state index contributed by atoms with van der Waals surface area (Å²) in [6.45, 7) is 4.69. The highest BCUT2D eigenvalue weighted by Gasteiger charge is 2.32. The van der Waals surface area contributed by atoms with Crippen molar-refractivity contribution < 1.29 is 9.18 Å². The lowest BCUT2D eigenvalue weighted by atomic mass is 10.00. The summed E-state index contributed by atoms with van der Waals surface area (Å²) in [5.74, 6) is 0.492. The lowest BCUT2D eigenvalue weighted by molar-refractivity contribution is 0.0600. The van der Waals surface area contributed by atoms with Crippen LogP contribution in [-0.2, 0) is 7.05 Å². The number of aromatic amines is 1. The van der Waals surface area contributed by atoms with Gasteiger partial charge in [-0.2, -0.15) is 0 Å². The van der Waals surface area contributed by atoms with Gasteiger partial charge in [-0.3, -0.25) is 4.79 Å². The summed E-state index contributed by atoms with van der Waals surface area (Å²) in [4.78, 5) is 23.0. The van der Waals surface area contributed by atoms with E-state index in [0.29, 0.717) is 12.1 Å². The van der Waals surface area contributed by atoms with Crippen molar-refractivity contribution in [2.75, 3.05) is 6.54 Å². The zero-order valence-electron chi connectivity index (χ0n) is 15.3. The molecule has 136 valence electrons. The molecule has 4 rings (SSSR count). The molecule has 1 aliphatic rings. The molecule has 0 spiro atoms. The largest absolute Gasteiger partial charge is 0.351 e. The van der Waals surface area contributed by atoms with Crippen LogP contribution in [0.3, 0.4) is 0 Å². The summed E-state index contributed by atoms with van der Waals surface area (Å²) in [7, 11) is 1.98. The number of benzene rings is 1. The van der Waals surface area contributed by atoms with Gasteiger partial charge >= 0.3 is 0 Å². The lowest BCUT2D eigenvalue weighted by Crippen LogP contribution is -2.39. The summed E-state index contributed by atoms with van der Waals surface area (Å²) in [6, 6.07) is 6.38. The van der Waals surface area contributed by atoms with E-state index in [2.05, 4.69) is 9.97 Å². The summed E-state index contributed by atoms with van der Waals surface area (Å²) >= 11 is 0. The Balaban J connectivity index is 1.71. The number of halogens is 1. The van der Waals surface area contributed by atoms with E-state index in [1.54, 1.807) is 6.07 Å². The number of carbonyl (C=O) groups excluding carboxylic acids is 1. The van der Waals surface area contributed by atoms with Gasteiger partial charge in [-0.1, -0.05) is 0 Å². The number of aryl methyl sites for hydroxylation is 1. The van der Waals surface area contributed by atoms with Crippen molar-refractivity contribution in [3.63, 3.8) is 0 Å². The number of amides is 1. The van der Waals surface area contributed by atoms with Crippen LogP contribution in [0.1, 0.15) is 52.9 Å². The molecule has 6 heteroatoms. The number of aromatic nitrogens is 3. The van der Waals surface area contributed by atoms with Crippen LogP contribution in [0.5, 0.6) is 0 Å². The fourth-order valence-corrected chi connectivity index (χ4v) is 3.84. The molecule has 3 heterocycles. The quantitative estimate of drug-likeness (QED) is 0.755. The Labute approximate surface area is 151 Å². The molecule has 3 aromatic rings. The number of imidazole rings is 1. The van der Waals surface area contributed by atoms with Gasteiger partial charge in [0.15, 0.2) is 0 Å². The Morgan fingerprint density at radius 2 is 2.08 bits per heavy atom. The number of fused-ring (bicyclic) bond motifs is 1. The predicted molar refractivity (Wildman–Crippen MR) is 98.6 cm³/mol. The summed E-state index contributed by atoms with van der Waals surface area (Å²) < 4.78 is 15.5. The number of carbonyl (C=O) groups is 1.